The van der Waals surface area contributed by atoms with Crippen molar-refractivity contribution < 1.29 is 13.5 Å². The summed E-state index contributed by atoms with van der Waals surface area (Å²) < 4.78 is 26.3. The van der Waals surface area contributed by atoms with E-state index < -0.39 is 16.6 Å². The number of aliphatic hydroxyl groups excluding tert-OH is 1. The van der Waals surface area contributed by atoms with Crippen molar-refractivity contribution in [2.24, 2.45) is 0 Å². The number of nitrogens with zero attached hydrogens (tertiary/aromatic N) is 2. The average Bonchev–Trinajstić information content (AvgIpc) is 2.67. The van der Waals surface area contributed by atoms with Gasteiger partial charge in [-0.2, -0.15) is 9.40 Å². The third kappa shape index (κ3) is 2.80. The minimum atomic E-state index is -3.66. The SMILES string of the molecule is C=C(C)CN(CC)S(=O)(=O)c1c(CO)n[nH]c1C. The van der Waals surface area contributed by atoms with Crippen LogP contribution in [-0.2, 0) is 16.6 Å². The number of H-pyrrole nitrogens is 1. The summed E-state index contributed by atoms with van der Waals surface area (Å²) >= 11 is 0. The first-order valence-electron chi connectivity index (χ1n) is 5.63. The van der Waals surface area contributed by atoms with E-state index in [1.54, 1.807) is 20.8 Å². The number of hydrogen-bond acceptors (Lipinski definition) is 4. The number of aryl methyl sites for hydroxylation is 1. The molecule has 0 saturated carbocycles. The first-order valence-corrected chi connectivity index (χ1v) is 7.07. The molecule has 2 N–H and O–H groups in total. The quantitative estimate of drug-likeness (QED) is 0.751. The summed E-state index contributed by atoms with van der Waals surface area (Å²) in [6.45, 7) is 9.06. The van der Waals surface area contributed by atoms with Crippen molar-refractivity contribution in [2.75, 3.05) is 13.1 Å². The molecule has 0 fully saturated rings. The number of hydrogen-bond donors (Lipinski definition) is 2. The lowest BCUT2D eigenvalue weighted by Gasteiger charge is -2.20. The van der Waals surface area contributed by atoms with Crippen molar-refractivity contribution >= 4 is 10.0 Å². The summed E-state index contributed by atoms with van der Waals surface area (Å²) in [4.78, 5) is 0.0631. The first-order chi connectivity index (χ1) is 8.34. The number of likely N-dealkylation sites (N-methyl/N-ethyl adjacent to an activating group) is 1. The Morgan fingerprint density at radius 2 is 2.17 bits per heavy atom. The van der Waals surface area contributed by atoms with Crippen LogP contribution in [0.3, 0.4) is 0 Å². The van der Waals surface area contributed by atoms with Gasteiger partial charge in [-0.25, -0.2) is 8.42 Å². The van der Waals surface area contributed by atoms with Gasteiger partial charge in [-0.05, 0) is 13.8 Å². The number of aromatic nitrogens is 2. The maximum Gasteiger partial charge on any atom is 0.247 e. The Bertz CT molecular complexity index is 534. The lowest BCUT2D eigenvalue weighted by atomic mass is 10.3. The molecule has 0 aliphatic rings. The standard InChI is InChI=1S/C11H19N3O3S/c1-5-14(6-8(2)3)18(16,17)11-9(4)12-13-10(11)7-15/h15H,2,5-7H2,1,3-4H3,(H,12,13). The van der Waals surface area contributed by atoms with Crippen LogP contribution >= 0.6 is 0 Å². The molecule has 0 saturated heterocycles. The number of sulfonamides is 1. The molecule has 18 heavy (non-hydrogen) atoms. The predicted octanol–water partition coefficient (Wildman–Crippen LogP) is 0.797. The van der Waals surface area contributed by atoms with Crippen molar-refractivity contribution in [2.45, 2.75) is 32.3 Å². The van der Waals surface area contributed by atoms with E-state index in [9.17, 15) is 8.42 Å². The molecule has 0 bridgehead atoms. The van der Waals surface area contributed by atoms with Gasteiger partial charge in [-0.3, -0.25) is 5.10 Å². The number of rotatable bonds is 6. The van der Waals surface area contributed by atoms with Gasteiger partial charge >= 0.3 is 0 Å². The third-order valence-corrected chi connectivity index (χ3v) is 4.63. The molecule has 1 aromatic heterocycles. The molecule has 0 radical (unpaired) electrons. The molecule has 1 rings (SSSR count). The van der Waals surface area contributed by atoms with Gasteiger partial charge in [0.25, 0.3) is 0 Å². The molecule has 6 nitrogen and oxygen atoms in total. The van der Waals surface area contributed by atoms with Crippen LogP contribution in [0.4, 0.5) is 0 Å². The summed E-state index contributed by atoms with van der Waals surface area (Å²) in [7, 11) is -3.66. The van der Waals surface area contributed by atoms with Crippen LogP contribution in [0.25, 0.3) is 0 Å². The van der Waals surface area contributed by atoms with Gasteiger partial charge in [0, 0.05) is 13.1 Å². The average molecular weight is 273 g/mol. The van der Waals surface area contributed by atoms with Crippen LogP contribution in [0.15, 0.2) is 17.0 Å². The Hall–Kier alpha value is -1.18. The Labute approximate surface area is 107 Å². The Balaban J connectivity index is 3.26. The van der Waals surface area contributed by atoms with Crippen molar-refractivity contribution in [1.29, 1.82) is 0 Å². The Morgan fingerprint density at radius 1 is 1.56 bits per heavy atom. The highest BCUT2D eigenvalue weighted by Crippen LogP contribution is 2.22. The van der Waals surface area contributed by atoms with Gasteiger partial charge in [0.2, 0.25) is 10.0 Å². The highest BCUT2D eigenvalue weighted by molar-refractivity contribution is 7.89. The summed E-state index contributed by atoms with van der Waals surface area (Å²) in [5, 5.41) is 15.5. The number of aliphatic hydroxyl groups is 1. The largest absolute Gasteiger partial charge is 0.390 e. The highest BCUT2D eigenvalue weighted by Gasteiger charge is 2.29. The molecule has 7 heteroatoms. The van der Waals surface area contributed by atoms with Crippen LogP contribution in [0.1, 0.15) is 25.2 Å². The minimum Gasteiger partial charge on any atom is -0.390 e. The second-order valence-corrected chi connectivity index (χ2v) is 6.05. The Kier molecular flexibility index (Phi) is 4.66. The van der Waals surface area contributed by atoms with E-state index in [4.69, 9.17) is 5.11 Å². The van der Waals surface area contributed by atoms with Gasteiger partial charge in [-0.15, -0.1) is 0 Å². The molecule has 0 aliphatic heterocycles. The van der Waals surface area contributed by atoms with E-state index in [2.05, 4.69) is 16.8 Å². The molecule has 1 aromatic rings. The minimum absolute atomic E-state index is 0.0631. The second kappa shape index (κ2) is 5.64. The van der Waals surface area contributed by atoms with Crippen molar-refractivity contribution in [3.63, 3.8) is 0 Å². The van der Waals surface area contributed by atoms with Gasteiger partial charge in [0.15, 0.2) is 0 Å². The fourth-order valence-corrected chi connectivity index (χ4v) is 3.54. The molecular formula is C11H19N3O3S. The zero-order chi connectivity index (χ0) is 13.9. The van der Waals surface area contributed by atoms with E-state index in [-0.39, 0.29) is 17.1 Å². The topological polar surface area (TPSA) is 86.3 Å². The molecule has 0 unspecified atom stereocenters. The van der Waals surface area contributed by atoms with Crippen LogP contribution in [0.2, 0.25) is 0 Å². The highest BCUT2D eigenvalue weighted by atomic mass is 32.2. The van der Waals surface area contributed by atoms with Crippen LogP contribution < -0.4 is 0 Å². The summed E-state index contributed by atoms with van der Waals surface area (Å²) in [6.07, 6.45) is 0. The monoisotopic (exact) mass is 273 g/mol. The smallest absolute Gasteiger partial charge is 0.247 e. The maximum atomic E-state index is 12.5. The molecule has 0 atom stereocenters. The van der Waals surface area contributed by atoms with Crippen LogP contribution in [0.5, 0.6) is 0 Å². The molecule has 0 spiro atoms. The number of aromatic amines is 1. The first kappa shape index (κ1) is 14.9. The van der Waals surface area contributed by atoms with Gasteiger partial charge in [0.05, 0.1) is 12.3 Å². The van der Waals surface area contributed by atoms with E-state index in [1.807, 2.05) is 0 Å². The van der Waals surface area contributed by atoms with E-state index in [0.717, 1.165) is 5.57 Å². The fourth-order valence-electron chi connectivity index (χ4n) is 1.72. The van der Waals surface area contributed by atoms with Crippen molar-refractivity contribution in [3.8, 4) is 0 Å². The van der Waals surface area contributed by atoms with E-state index in [0.29, 0.717) is 12.2 Å². The molecule has 102 valence electrons. The van der Waals surface area contributed by atoms with Gasteiger partial charge in [0.1, 0.15) is 10.6 Å². The fraction of sp³-hybridized carbons (Fsp3) is 0.545. The van der Waals surface area contributed by atoms with Crippen molar-refractivity contribution in [3.05, 3.63) is 23.5 Å². The molecular weight excluding hydrogens is 254 g/mol. The molecule has 0 aliphatic carbocycles. The number of nitrogens with one attached hydrogen (secondary N) is 1. The zero-order valence-electron chi connectivity index (χ0n) is 10.9. The molecule has 0 aromatic carbocycles. The summed E-state index contributed by atoms with van der Waals surface area (Å²) in [6, 6.07) is 0. The second-order valence-electron chi connectivity index (χ2n) is 4.17. The van der Waals surface area contributed by atoms with Gasteiger partial charge < -0.3 is 5.11 Å². The normalized spacial score (nSPS) is 12.1. The summed E-state index contributed by atoms with van der Waals surface area (Å²) in [5.41, 5.74) is 1.33. The van der Waals surface area contributed by atoms with Gasteiger partial charge in [-0.1, -0.05) is 19.1 Å². The molecule has 1 heterocycles. The van der Waals surface area contributed by atoms with E-state index in [1.165, 1.54) is 4.31 Å². The maximum absolute atomic E-state index is 12.5. The lowest BCUT2D eigenvalue weighted by Crippen LogP contribution is -2.33. The summed E-state index contributed by atoms with van der Waals surface area (Å²) in [5.74, 6) is 0. The zero-order valence-corrected chi connectivity index (χ0v) is 11.7. The van der Waals surface area contributed by atoms with Crippen molar-refractivity contribution in [1.82, 2.24) is 14.5 Å². The lowest BCUT2D eigenvalue weighted by molar-refractivity contribution is 0.273. The van der Waals surface area contributed by atoms with Crippen LogP contribution in [0, 0.1) is 6.92 Å². The predicted molar refractivity (Wildman–Crippen MR) is 68.5 cm³/mol. The Morgan fingerprint density at radius 3 is 2.61 bits per heavy atom. The molecule has 0 amide bonds. The van der Waals surface area contributed by atoms with E-state index >= 15 is 0 Å². The third-order valence-electron chi connectivity index (χ3n) is 2.51. The van der Waals surface area contributed by atoms with Crippen LogP contribution in [-0.4, -0.2) is 41.1 Å².